The van der Waals surface area contributed by atoms with Gasteiger partial charge < -0.3 is 0 Å². The highest BCUT2D eigenvalue weighted by molar-refractivity contribution is 6.30. The van der Waals surface area contributed by atoms with Gasteiger partial charge in [0.2, 0.25) is 0 Å². The van der Waals surface area contributed by atoms with Gasteiger partial charge in [0.15, 0.2) is 0 Å². The summed E-state index contributed by atoms with van der Waals surface area (Å²) in [4.78, 5) is 0. The Hall–Kier alpha value is -0.580. The molecular formula is C10H19ClN4. The Labute approximate surface area is 95.8 Å². The third kappa shape index (κ3) is 2.71. The summed E-state index contributed by atoms with van der Waals surface area (Å²) in [5.74, 6) is 5.97. The fraction of sp³-hybridized carbons (Fsp3) is 0.700. The predicted molar refractivity (Wildman–Crippen MR) is 62.6 cm³/mol. The second-order valence-electron chi connectivity index (χ2n) is 4.20. The Morgan fingerprint density at radius 3 is 2.47 bits per heavy atom. The summed E-state index contributed by atoms with van der Waals surface area (Å²) in [6, 6.07) is 0.227. The van der Waals surface area contributed by atoms with Crippen LogP contribution in [0.5, 0.6) is 0 Å². The van der Waals surface area contributed by atoms with Crippen LogP contribution in [0.2, 0.25) is 5.15 Å². The number of hydrogen-bond donors (Lipinski definition) is 2. The Morgan fingerprint density at radius 2 is 2.13 bits per heavy atom. The van der Waals surface area contributed by atoms with Crippen LogP contribution in [0.1, 0.15) is 25.1 Å². The molecule has 1 unspecified atom stereocenters. The summed E-state index contributed by atoms with van der Waals surface area (Å²) in [5.41, 5.74) is 4.87. The fourth-order valence-corrected chi connectivity index (χ4v) is 1.86. The maximum Gasteiger partial charge on any atom is 0.130 e. The van der Waals surface area contributed by atoms with Gasteiger partial charge in [0.05, 0.1) is 5.69 Å². The molecule has 3 N–H and O–H groups in total. The van der Waals surface area contributed by atoms with Crippen molar-refractivity contribution < 1.29 is 0 Å². The molecular weight excluding hydrogens is 212 g/mol. The number of nitrogens with two attached hydrogens (primary N) is 1. The van der Waals surface area contributed by atoms with E-state index in [1.807, 2.05) is 14.0 Å². The molecule has 1 aromatic heterocycles. The molecule has 0 aliphatic rings. The van der Waals surface area contributed by atoms with Gasteiger partial charge in [0.1, 0.15) is 5.15 Å². The third-order valence-corrected chi connectivity index (χ3v) is 3.19. The zero-order valence-corrected chi connectivity index (χ0v) is 10.5. The molecule has 15 heavy (non-hydrogen) atoms. The summed E-state index contributed by atoms with van der Waals surface area (Å²) in [7, 11) is 1.85. The number of aryl methyl sites for hydroxylation is 2. The average Bonchev–Trinajstić information content (AvgIpc) is 2.39. The number of aromatic nitrogens is 2. The lowest BCUT2D eigenvalue weighted by Crippen LogP contribution is -2.40. The van der Waals surface area contributed by atoms with Crippen LogP contribution in [0, 0.1) is 12.8 Å². The lowest BCUT2D eigenvalue weighted by Gasteiger charge is -2.19. The minimum absolute atomic E-state index is 0.227. The van der Waals surface area contributed by atoms with Crippen LogP contribution in [0.4, 0.5) is 0 Å². The number of hydrogen-bond acceptors (Lipinski definition) is 3. The molecule has 5 heteroatoms. The molecule has 1 aromatic rings. The number of nitrogens with one attached hydrogen (secondary N) is 1. The molecule has 0 radical (unpaired) electrons. The zero-order valence-electron chi connectivity index (χ0n) is 9.71. The highest BCUT2D eigenvalue weighted by atomic mass is 35.5. The van der Waals surface area contributed by atoms with Gasteiger partial charge in [-0.2, -0.15) is 5.10 Å². The van der Waals surface area contributed by atoms with Crippen molar-refractivity contribution in [3.8, 4) is 0 Å². The van der Waals surface area contributed by atoms with Gasteiger partial charge in [-0.05, 0) is 19.3 Å². The molecule has 0 amide bonds. The summed E-state index contributed by atoms with van der Waals surface area (Å²) in [6.45, 7) is 6.23. The van der Waals surface area contributed by atoms with Gasteiger partial charge in [0, 0.05) is 18.7 Å². The van der Waals surface area contributed by atoms with Crippen LogP contribution in [-0.2, 0) is 13.5 Å². The summed E-state index contributed by atoms with van der Waals surface area (Å²) in [5, 5.41) is 4.98. The van der Waals surface area contributed by atoms with E-state index in [-0.39, 0.29) is 6.04 Å². The van der Waals surface area contributed by atoms with Crippen LogP contribution >= 0.6 is 11.6 Å². The molecule has 0 bridgehead atoms. The van der Waals surface area contributed by atoms with Crippen LogP contribution in [0.15, 0.2) is 0 Å². The second-order valence-corrected chi connectivity index (χ2v) is 4.56. The first-order chi connectivity index (χ1) is 6.97. The number of halogens is 1. The fourth-order valence-electron chi connectivity index (χ4n) is 1.61. The molecule has 0 aliphatic heterocycles. The van der Waals surface area contributed by atoms with E-state index in [0.29, 0.717) is 11.1 Å². The molecule has 4 nitrogen and oxygen atoms in total. The van der Waals surface area contributed by atoms with Gasteiger partial charge in [-0.15, -0.1) is 0 Å². The van der Waals surface area contributed by atoms with E-state index in [1.54, 1.807) is 4.68 Å². The molecule has 0 aromatic carbocycles. The standard InChI is InChI=1S/C10H19ClN4/c1-6(2)9(13-12)5-8-7(3)14-15(4)10(8)11/h6,9,13H,5,12H2,1-4H3. The van der Waals surface area contributed by atoms with Gasteiger partial charge in [-0.3, -0.25) is 16.0 Å². The molecule has 1 atom stereocenters. The predicted octanol–water partition coefficient (Wildman–Crippen LogP) is 1.41. The second kappa shape index (κ2) is 4.96. The van der Waals surface area contributed by atoms with Gasteiger partial charge in [-0.25, -0.2) is 0 Å². The SMILES string of the molecule is Cc1nn(C)c(Cl)c1CC(NN)C(C)C. The van der Waals surface area contributed by atoms with Crippen LogP contribution in [0.3, 0.4) is 0 Å². The molecule has 0 saturated heterocycles. The van der Waals surface area contributed by atoms with Crippen LogP contribution in [0.25, 0.3) is 0 Å². The monoisotopic (exact) mass is 230 g/mol. The van der Waals surface area contributed by atoms with Gasteiger partial charge in [0.25, 0.3) is 0 Å². The van der Waals surface area contributed by atoms with E-state index in [4.69, 9.17) is 17.4 Å². The van der Waals surface area contributed by atoms with Crippen molar-refractivity contribution in [3.05, 3.63) is 16.4 Å². The van der Waals surface area contributed by atoms with E-state index in [1.165, 1.54) is 0 Å². The smallest absolute Gasteiger partial charge is 0.130 e. The number of rotatable bonds is 4. The van der Waals surface area contributed by atoms with E-state index in [0.717, 1.165) is 17.7 Å². The molecule has 1 heterocycles. The molecule has 0 fully saturated rings. The Balaban J connectivity index is 2.88. The number of hydrazine groups is 1. The zero-order chi connectivity index (χ0) is 11.6. The number of nitrogens with zero attached hydrogens (tertiary/aromatic N) is 2. The van der Waals surface area contributed by atoms with E-state index < -0.39 is 0 Å². The van der Waals surface area contributed by atoms with Crippen molar-refractivity contribution in [2.45, 2.75) is 33.2 Å². The van der Waals surface area contributed by atoms with E-state index in [2.05, 4.69) is 24.4 Å². The highest BCUT2D eigenvalue weighted by Crippen LogP contribution is 2.21. The molecule has 86 valence electrons. The summed E-state index contributed by atoms with van der Waals surface area (Å²) >= 11 is 6.15. The Kier molecular flexibility index (Phi) is 4.13. The van der Waals surface area contributed by atoms with Crippen molar-refractivity contribution in [2.75, 3.05) is 0 Å². The Bertz CT molecular complexity index is 332. The first kappa shape index (κ1) is 12.5. The molecule has 0 saturated carbocycles. The largest absolute Gasteiger partial charge is 0.271 e. The van der Waals surface area contributed by atoms with Gasteiger partial charge >= 0.3 is 0 Å². The topological polar surface area (TPSA) is 55.9 Å². The molecule has 1 rings (SSSR count). The normalized spacial score (nSPS) is 13.5. The van der Waals surface area contributed by atoms with Crippen molar-refractivity contribution in [2.24, 2.45) is 18.8 Å². The van der Waals surface area contributed by atoms with Crippen molar-refractivity contribution in [3.63, 3.8) is 0 Å². The lowest BCUT2D eigenvalue weighted by atomic mass is 9.97. The van der Waals surface area contributed by atoms with Gasteiger partial charge in [-0.1, -0.05) is 25.4 Å². The van der Waals surface area contributed by atoms with Crippen molar-refractivity contribution >= 4 is 11.6 Å². The Morgan fingerprint density at radius 1 is 1.53 bits per heavy atom. The molecule has 0 aliphatic carbocycles. The minimum atomic E-state index is 0.227. The van der Waals surface area contributed by atoms with Crippen molar-refractivity contribution in [1.29, 1.82) is 0 Å². The highest BCUT2D eigenvalue weighted by Gasteiger charge is 2.18. The van der Waals surface area contributed by atoms with Crippen molar-refractivity contribution in [1.82, 2.24) is 15.2 Å². The van der Waals surface area contributed by atoms with Crippen LogP contribution < -0.4 is 11.3 Å². The molecule has 0 spiro atoms. The maximum absolute atomic E-state index is 6.15. The summed E-state index contributed by atoms with van der Waals surface area (Å²) < 4.78 is 1.69. The quantitative estimate of drug-likeness (QED) is 0.608. The minimum Gasteiger partial charge on any atom is -0.271 e. The lowest BCUT2D eigenvalue weighted by molar-refractivity contribution is 0.404. The third-order valence-electron chi connectivity index (χ3n) is 2.71. The van der Waals surface area contributed by atoms with Crippen LogP contribution in [-0.4, -0.2) is 15.8 Å². The van der Waals surface area contributed by atoms with E-state index in [9.17, 15) is 0 Å². The first-order valence-corrected chi connectivity index (χ1v) is 5.49. The summed E-state index contributed by atoms with van der Waals surface area (Å²) in [6.07, 6.45) is 0.812. The van der Waals surface area contributed by atoms with E-state index >= 15 is 0 Å². The maximum atomic E-state index is 6.15. The first-order valence-electron chi connectivity index (χ1n) is 5.11. The average molecular weight is 231 g/mol.